The Morgan fingerprint density at radius 3 is 2.67 bits per heavy atom. The lowest BCUT2D eigenvalue weighted by Crippen LogP contribution is -2.29. The van der Waals surface area contributed by atoms with Crippen LogP contribution in [0.4, 0.5) is 0 Å². The van der Waals surface area contributed by atoms with Gasteiger partial charge < -0.3 is 9.47 Å². The van der Waals surface area contributed by atoms with Gasteiger partial charge in [0.15, 0.2) is 11.5 Å². The van der Waals surface area contributed by atoms with Gasteiger partial charge in [0, 0.05) is 12.5 Å². The van der Waals surface area contributed by atoms with Crippen LogP contribution in [0.25, 0.3) is 0 Å². The third-order valence-corrected chi connectivity index (χ3v) is 3.91. The van der Waals surface area contributed by atoms with Crippen LogP contribution in [0.15, 0.2) is 18.2 Å². The fourth-order valence-corrected chi connectivity index (χ4v) is 2.66. The molecule has 0 spiro atoms. The molecule has 98 valence electrons. The van der Waals surface area contributed by atoms with E-state index in [1.807, 2.05) is 6.07 Å². The van der Waals surface area contributed by atoms with Gasteiger partial charge in [-0.05, 0) is 36.0 Å². The van der Waals surface area contributed by atoms with Crippen LogP contribution in [0.5, 0.6) is 11.5 Å². The van der Waals surface area contributed by atoms with Gasteiger partial charge in [0.05, 0.1) is 13.2 Å². The van der Waals surface area contributed by atoms with Crippen LogP contribution in [0, 0.1) is 11.8 Å². The van der Waals surface area contributed by atoms with Crippen LogP contribution in [0.1, 0.15) is 31.4 Å². The van der Waals surface area contributed by atoms with Crippen molar-refractivity contribution in [1.82, 2.24) is 5.43 Å². The first kappa shape index (κ1) is 11.8. The zero-order valence-electron chi connectivity index (χ0n) is 10.7. The van der Waals surface area contributed by atoms with Gasteiger partial charge in [0.25, 0.3) is 0 Å². The minimum atomic E-state index is 0.220. The number of benzene rings is 1. The number of rotatable bonds is 3. The number of hydrazine groups is 1. The highest BCUT2D eigenvalue weighted by Crippen LogP contribution is 2.47. The van der Waals surface area contributed by atoms with Crippen molar-refractivity contribution >= 4 is 0 Å². The molecule has 0 bridgehead atoms. The second kappa shape index (κ2) is 4.78. The first-order valence-electron chi connectivity index (χ1n) is 6.65. The van der Waals surface area contributed by atoms with Gasteiger partial charge >= 0.3 is 0 Å². The minimum Gasteiger partial charge on any atom is -0.490 e. The monoisotopic (exact) mass is 248 g/mol. The molecule has 1 saturated carbocycles. The third kappa shape index (κ3) is 2.18. The summed E-state index contributed by atoms with van der Waals surface area (Å²) in [7, 11) is 0. The predicted molar refractivity (Wildman–Crippen MR) is 69.4 cm³/mol. The molecule has 4 heteroatoms. The Labute approximate surface area is 107 Å². The van der Waals surface area contributed by atoms with E-state index in [1.54, 1.807) is 0 Å². The maximum atomic E-state index is 5.72. The fourth-order valence-electron chi connectivity index (χ4n) is 2.66. The summed E-state index contributed by atoms with van der Waals surface area (Å²) in [5, 5.41) is 0. The average Bonchev–Trinajstić information content (AvgIpc) is 3.13. The summed E-state index contributed by atoms with van der Waals surface area (Å²) in [5.41, 5.74) is 4.13. The summed E-state index contributed by atoms with van der Waals surface area (Å²) in [4.78, 5) is 0. The Hall–Kier alpha value is -1.26. The fraction of sp³-hybridized carbons (Fsp3) is 0.571. The molecule has 2 aliphatic rings. The van der Waals surface area contributed by atoms with Crippen molar-refractivity contribution in [2.24, 2.45) is 17.7 Å². The summed E-state index contributed by atoms with van der Waals surface area (Å²) in [6.07, 6.45) is 2.17. The molecule has 1 aliphatic carbocycles. The van der Waals surface area contributed by atoms with Crippen LogP contribution >= 0.6 is 0 Å². The number of ether oxygens (including phenoxy) is 2. The predicted octanol–water partition coefficient (Wildman–Crippen LogP) is 2.01. The summed E-state index contributed by atoms with van der Waals surface area (Å²) < 4.78 is 11.4. The van der Waals surface area contributed by atoms with Crippen molar-refractivity contribution in [1.29, 1.82) is 0 Å². The van der Waals surface area contributed by atoms with Gasteiger partial charge in [-0.1, -0.05) is 13.0 Å². The van der Waals surface area contributed by atoms with Crippen molar-refractivity contribution in [2.75, 3.05) is 13.2 Å². The maximum absolute atomic E-state index is 5.72. The minimum absolute atomic E-state index is 0.220. The van der Waals surface area contributed by atoms with Crippen LogP contribution in [-0.4, -0.2) is 13.2 Å². The molecule has 3 N–H and O–H groups in total. The Balaban J connectivity index is 1.86. The van der Waals surface area contributed by atoms with E-state index in [9.17, 15) is 0 Å². The largest absolute Gasteiger partial charge is 0.490 e. The van der Waals surface area contributed by atoms with Gasteiger partial charge in [0.1, 0.15) is 0 Å². The quantitative estimate of drug-likeness (QED) is 0.634. The molecule has 0 amide bonds. The zero-order valence-corrected chi connectivity index (χ0v) is 10.7. The van der Waals surface area contributed by atoms with Crippen LogP contribution in [-0.2, 0) is 0 Å². The molecule has 4 nitrogen and oxygen atoms in total. The molecule has 0 radical (unpaired) electrons. The van der Waals surface area contributed by atoms with Crippen LogP contribution < -0.4 is 20.7 Å². The second-order valence-electron chi connectivity index (χ2n) is 5.28. The molecule has 3 unspecified atom stereocenters. The van der Waals surface area contributed by atoms with Gasteiger partial charge in [0.2, 0.25) is 0 Å². The highest BCUT2D eigenvalue weighted by molar-refractivity contribution is 5.44. The molecule has 0 aromatic heterocycles. The van der Waals surface area contributed by atoms with Crippen molar-refractivity contribution in [2.45, 2.75) is 25.8 Å². The molecule has 1 aliphatic heterocycles. The first-order chi connectivity index (χ1) is 8.79. The van der Waals surface area contributed by atoms with E-state index in [2.05, 4.69) is 24.5 Å². The third-order valence-electron chi connectivity index (χ3n) is 3.91. The SMILES string of the molecule is CC1CC1C(NN)c1ccc2c(c1)OCCCO2. The van der Waals surface area contributed by atoms with Gasteiger partial charge in [-0.2, -0.15) is 0 Å². The number of hydrogen-bond acceptors (Lipinski definition) is 4. The van der Waals surface area contributed by atoms with Crippen molar-refractivity contribution < 1.29 is 9.47 Å². The molecule has 3 rings (SSSR count). The van der Waals surface area contributed by atoms with E-state index >= 15 is 0 Å². The van der Waals surface area contributed by atoms with Crippen molar-refractivity contribution in [3.63, 3.8) is 0 Å². The van der Waals surface area contributed by atoms with Gasteiger partial charge in [-0.25, -0.2) is 0 Å². The summed E-state index contributed by atoms with van der Waals surface area (Å²) in [6, 6.07) is 6.37. The number of nitrogens with two attached hydrogens (primary N) is 1. The molecule has 0 saturated heterocycles. The molecular weight excluding hydrogens is 228 g/mol. The van der Waals surface area contributed by atoms with Crippen molar-refractivity contribution in [3.05, 3.63) is 23.8 Å². The Bertz CT molecular complexity index is 436. The van der Waals surface area contributed by atoms with E-state index in [0.29, 0.717) is 5.92 Å². The standard InChI is InChI=1S/C14H20N2O2/c1-9-7-11(9)14(16-15)10-3-4-12-13(8-10)18-6-2-5-17-12/h3-4,8-9,11,14,16H,2,5-7,15H2,1H3. The van der Waals surface area contributed by atoms with E-state index in [1.165, 1.54) is 12.0 Å². The Kier molecular flexibility index (Phi) is 3.14. The summed E-state index contributed by atoms with van der Waals surface area (Å²) in [5.74, 6) is 8.77. The van der Waals surface area contributed by atoms with Crippen LogP contribution in [0.3, 0.4) is 0 Å². The van der Waals surface area contributed by atoms with Crippen LogP contribution in [0.2, 0.25) is 0 Å². The normalized spacial score (nSPS) is 27.4. The Morgan fingerprint density at radius 2 is 2.00 bits per heavy atom. The number of hydrogen-bond donors (Lipinski definition) is 2. The zero-order chi connectivity index (χ0) is 12.5. The molecule has 1 aromatic rings. The molecule has 1 aromatic carbocycles. The lowest BCUT2D eigenvalue weighted by atomic mass is 10.0. The molecular formula is C14H20N2O2. The van der Waals surface area contributed by atoms with E-state index in [4.69, 9.17) is 15.3 Å². The molecule has 3 atom stereocenters. The lowest BCUT2D eigenvalue weighted by molar-refractivity contribution is 0.297. The highest BCUT2D eigenvalue weighted by atomic mass is 16.5. The lowest BCUT2D eigenvalue weighted by Gasteiger charge is -2.18. The highest BCUT2D eigenvalue weighted by Gasteiger charge is 2.40. The summed E-state index contributed by atoms with van der Waals surface area (Å²) in [6.45, 7) is 3.71. The molecule has 18 heavy (non-hydrogen) atoms. The molecule has 1 fully saturated rings. The average molecular weight is 248 g/mol. The van der Waals surface area contributed by atoms with Crippen molar-refractivity contribution in [3.8, 4) is 11.5 Å². The number of nitrogens with one attached hydrogen (secondary N) is 1. The number of fused-ring (bicyclic) bond motifs is 1. The van der Waals surface area contributed by atoms with E-state index < -0.39 is 0 Å². The van der Waals surface area contributed by atoms with Gasteiger partial charge in [-0.15, -0.1) is 0 Å². The Morgan fingerprint density at radius 1 is 1.28 bits per heavy atom. The second-order valence-corrected chi connectivity index (χ2v) is 5.28. The smallest absolute Gasteiger partial charge is 0.161 e. The molecule has 1 heterocycles. The first-order valence-corrected chi connectivity index (χ1v) is 6.65. The van der Waals surface area contributed by atoms with E-state index in [-0.39, 0.29) is 6.04 Å². The maximum Gasteiger partial charge on any atom is 0.161 e. The van der Waals surface area contributed by atoms with Gasteiger partial charge in [-0.3, -0.25) is 11.3 Å². The topological polar surface area (TPSA) is 56.5 Å². The van der Waals surface area contributed by atoms with E-state index in [0.717, 1.165) is 37.1 Å². The summed E-state index contributed by atoms with van der Waals surface area (Å²) >= 11 is 0.